The van der Waals surface area contributed by atoms with Crippen molar-refractivity contribution in [3.8, 4) is 5.75 Å². The molecule has 0 spiro atoms. The standard InChI is InChI=1S/C28H35NO5S/c1-6-18-10-13-22(29-16-18)23(34-27(32)28(3,4)5)17-33-21-11-8-19(9-12-21)14-24-26(31)20(7-2)15-25(30)35-24/h8-13,16,20,23-24H,6-7,14-15,17H2,1-5H3. The summed E-state index contributed by atoms with van der Waals surface area (Å²) in [6, 6.07) is 11.3. The molecule has 1 aromatic carbocycles. The second-order valence-electron chi connectivity index (χ2n) is 9.94. The van der Waals surface area contributed by atoms with Crippen molar-refractivity contribution in [1.82, 2.24) is 4.98 Å². The Bertz CT molecular complexity index is 1030. The van der Waals surface area contributed by atoms with Crippen LogP contribution in [0.15, 0.2) is 42.6 Å². The smallest absolute Gasteiger partial charge is 0.312 e. The minimum absolute atomic E-state index is 0.0952. The molecule has 3 rings (SSSR count). The summed E-state index contributed by atoms with van der Waals surface area (Å²) in [7, 11) is 0. The van der Waals surface area contributed by atoms with Crippen molar-refractivity contribution in [1.29, 1.82) is 0 Å². The van der Waals surface area contributed by atoms with Crippen LogP contribution >= 0.6 is 11.8 Å². The third kappa shape index (κ3) is 7.40. The van der Waals surface area contributed by atoms with Crippen molar-refractivity contribution >= 4 is 28.6 Å². The van der Waals surface area contributed by atoms with E-state index >= 15 is 0 Å². The number of ether oxygens (including phenoxy) is 2. The molecule has 188 valence electrons. The molecular formula is C28H35NO5S. The molecule has 1 aromatic heterocycles. The van der Waals surface area contributed by atoms with Gasteiger partial charge >= 0.3 is 5.97 Å². The number of pyridine rings is 1. The van der Waals surface area contributed by atoms with Gasteiger partial charge in [0.2, 0.25) is 0 Å². The summed E-state index contributed by atoms with van der Waals surface area (Å²) in [5.74, 6) is 0.310. The van der Waals surface area contributed by atoms with Gasteiger partial charge < -0.3 is 9.47 Å². The lowest BCUT2D eigenvalue weighted by molar-refractivity contribution is -0.160. The number of Topliss-reactive ketones (excluding diaryl/α,β-unsaturated/α-hetero) is 1. The van der Waals surface area contributed by atoms with Crippen LogP contribution in [0.25, 0.3) is 0 Å². The summed E-state index contributed by atoms with van der Waals surface area (Å²) < 4.78 is 11.7. The Labute approximate surface area is 212 Å². The van der Waals surface area contributed by atoms with Crippen LogP contribution < -0.4 is 4.74 Å². The van der Waals surface area contributed by atoms with Crippen LogP contribution in [0.3, 0.4) is 0 Å². The Hall–Kier alpha value is -2.67. The fourth-order valence-electron chi connectivity index (χ4n) is 3.75. The van der Waals surface area contributed by atoms with Crippen LogP contribution in [0.5, 0.6) is 5.75 Å². The number of aromatic nitrogens is 1. The average molecular weight is 498 g/mol. The fraction of sp³-hybridized carbons (Fsp3) is 0.500. The van der Waals surface area contributed by atoms with Gasteiger partial charge in [-0.25, -0.2) is 0 Å². The molecule has 1 aliphatic rings. The molecule has 0 N–H and O–H groups in total. The summed E-state index contributed by atoms with van der Waals surface area (Å²) in [5.41, 5.74) is 2.07. The van der Waals surface area contributed by atoms with Crippen molar-refractivity contribution in [3.05, 3.63) is 59.4 Å². The minimum atomic E-state index is -0.643. The zero-order valence-corrected chi connectivity index (χ0v) is 22.0. The number of nitrogens with zero attached hydrogens (tertiary/aromatic N) is 1. The van der Waals surface area contributed by atoms with Gasteiger partial charge in [-0.3, -0.25) is 19.4 Å². The molecular weight excluding hydrogens is 462 g/mol. The third-order valence-electron chi connectivity index (χ3n) is 6.09. The highest BCUT2D eigenvalue weighted by atomic mass is 32.2. The Morgan fingerprint density at radius 3 is 2.34 bits per heavy atom. The Balaban J connectivity index is 1.66. The zero-order valence-electron chi connectivity index (χ0n) is 21.2. The SMILES string of the molecule is CCc1ccc(C(COc2ccc(CC3SC(=O)CC(CC)C3=O)cc2)OC(=O)C(C)(C)C)nc1. The monoisotopic (exact) mass is 497 g/mol. The van der Waals surface area contributed by atoms with Crippen molar-refractivity contribution in [3.63, 3.8) is 0 Å². The van der Waals surface area contributed by atoms with Crippen LogP contribution in [0.2, 0.25) is 0 Å². The molecule has 2 aromatic rings. The lowest BCUT2D eigenvalue weighted by Gasteiger charge is -2.25. The lowest BCUT2D eigenvalue weighted by atomic mass is 9.92. The predicted molar refractivity (Wildman–Crippen MR) is 137 cm³/mol. The van der Waals surface area contributed by atoms with Crippen molar-refractivity contribution < 1.29 is 23.9 Å². The molecule has 7 heteroatoms. The summed E-state index contributed by atoms with van der Waals surface area (Å²) in [6.07, 6.45) is 3.60. The van der Waals surface area contributed by atoms with Gasteiger partial charge in [0, 0.05) is 18.5 Å². The molecule has 3 unspecified atom stereocenters. The van der Waals surface area contributed by atoms with Gasteiger partial charge in [-0.2, -0.15) is 0 Å². The van der Waals surface area contributed by atoms with E-state index in [2.05, 4.69) is 11.9 Å². The maximum absolute atomic E-state index is 12.6. The normalized spacial score (nSPS) is 19.3. The number of carbonyl (C=O) groups is 3. The molecule has 6 nitrogen and oxygen atoms in total. The molecule has 2 heterocycles. The molecule has 3 atom stereocenters. The maximum Gasteiger partial charge on any atom is 0.312 e. The predicted octanol–water partition coefficient (Wildman–Crippen LogP) is 5.52. The van der Waals surface area contributed by atoms with E-state index in [1.807, 2.05) is 64.1 Å². The number of hydrogen-bond acceptors (Lipinski definition) is 7. The van der Waals surface area contributed by atoms with Gasteiger partial charge in [-0.1, -0.05) is 43.8 Å². The summed E-state index contributed by atoms with van der Waals surface area (Å²) in [6.45, 7) is 9.57. The first kappa shape index (κ1) is 26.9. The van der Waals surface area contributed by atoms with Crippen molar-refractivity contribution in [2.45, 2.75) is 71.7 Å². The number of esters is 1. The van der Waals surface area contributed by atoms with Crippen molar-refractivity contribution in [2.24, 2.45) is 11.3 Å². The fourth-order valence-corrected chi connectivity index (χ4v) is 4.95. The second-order valence-corrected chi connectivity index (χ2v) is 11.2. The maximum atomic E-state index is 12.6. The molecule has 35 heavy (non-hydrogen) atoms. The summed E-state index contributed by atoms with van der Waals surface area (Å²) in [4.78, 5) is 41.7. The number of ketones is 1. The second kappa shape index (κ2) is 11.8. The van der Waals surface area contributed by atoms with Crippen LogP contribution in [-0.4, -0.2) is 33.7 Å². The quantitative estimate of drug-likeness (QED) is 0.422. The number of benzene rings is 1. The van der Waals surface area contributed by atoms with Gasteiger partial charge in [-0.15, -0.1) is 0 Å². The Kier molecular flexibility index (Phi) is 9.11. The molecule has 0 saturated carbocycles. The lowest BCUT2D eigenvalue weighted by Crippen LogP contribution is -2.34. The molecule has 0 radical (unpaired) electrons. The van der Waals surface area contributed by atoms with E-state index < -0.39 is 11.5 Å². The largest absolute Gasteiger partial charge is 0.489 e. The van der Waals surface area contributed by atoms with Gasteiger partial charge in [0.15, 0.2) is 11.2 Å². The van der Waals surface area contributed by atoms with Crippen LogP contribution in [-0.2, 0) is 32.0 Å². The number of hydrogen-bond donors (Lipinski definition) is 0. The number of carbonyl (C=O) groups excluding carboxylic acids is 3. The van der Waals surface area contributed by atoms with Gasteiger partial charge in [-0.05, 0) is 69.4 Å². The average Bonchev–Trinajstić information content (AvgIpc) is 2.84. The Morgan fingerprint density at radius 2 is 1.77 bits per heavy atom. The zero-order chi connectivity index (χ0) is 25.6. The van der Waals surface area contributed by atoms with E-state index in [0.717, 1.165) is 29.3 Å². The first-order valence-electron chi connectivity index (χ1n) is 12.2. The first-order valence-corrected chi connectivity index (χ1v) is 13.1. The van der Waals surface area contributed by atoms with E-state index in [0.29, 0.717) is 30.7 Å². The van der Waals surface area contributed by atoms with Gasteiger partial charge in [0.05, 0.1) is 16.4 Å². The molecule has 1 aliphatic heterocycles. The Morgan fingerprint density at radius 1 is 1.09 bits per heavy atom. The van der Waals surface area contributed by atoms with Crippen molar-refractivity contribution in [2.75, 3.05) is 6.61 Å². The molecule has 0 aliphatic carbocycles. The third-order valence-corrected chi connectivity index (χ3v) is 7.21. The van der Waals surface area contributed by atoms with Crippen LogP contribution in [0.4, 0.5) is 0 Å². The molecule has 1 saturated heterocycles. The number of rotatable bonds is 9. The highest BCUT2D eigenvalue weighted by Gasteiger charge is 2.35. The molecule has 0 amide bonds. The van der Waals surface area contributed by atoms with E-state index in [-0.39, 0.29) is 34.6 Å². The summed E-state index contributed by atoms with van der Waals surface area (Å²) >= 11 is 1.16. The topological polar surface area (TPSA) is 82.6 Å². The highest BCUT2D eigenvalue weighted by molar-refractivity contribution is 8.14. The highest BCUT2D eigenvalue weighted by Crippen LogP contribution is 2.32. The van der Waals surface area contributed by atoms with E-state index in [1.165, 1.54) is 0 Å². The number of thioether (sulfide) groups is 1. The number of aryl methyl sites for hydroxylation is 1. The van der Waals surface area contributed by atoms with E-state index in [9.17, 15) is 14.4 Å². The molecule has 0 bridgehead atoms. The summed E-state index contributed by atoms with van der Waals surface area (Å²) in [5, 5.41) is -0.232. The van der Waals surface area contributed by atoms with Crippen LogP contribution in [0.1, 0.15) is 70.4 Å². The molecule has 1 fully saturated rings. The first-order chi connectivity index (χ1) is 16.6. The van der Waals surface area contributed by atoms with Crippen LogP contribution in [0, 0.1) is 11.3 Å². The van der Waals surface area contributed by atoms with Gasteiger partial charge in [0.1, 0.15) is 18.1 Å². The van der Waals surface area contributed by atoms with E-state index in [1.54, 1.807) is 6.20 Å². The van der Waals surface area contributed by atoms with E-state index in [4.69, 9.17) is 9.47 Å². The van der Waals surface area contributed by atoms with Gasteiger partial charge in [0.25, 0.3) is 0 Å². The minimum Gasteiger partial charge on any atom is -0.489 e.